The molecular formula is C16H23N3O4. The first-order valence-electron chi connectivity index (χ1n) is 7.82. The van der Waals surface area contributed by atoms with Crippen molar-refractivity contribution >= 4 is 17.3 Å². The molecule has 1 aromatic rings. The van der Waals surface area contributed by atoms with Crippen LogP contribution in [0.25, 0.3) is 0 Å². The zero-order valence-corrected chi connectivity index (χ0v) is 13.7. The highest BCUT2D eigenvalue weighted by molar-refractivity contribution is 6.00. The second-order valence-corrected chi connectivity index (χ2v) is 5.73. The van der Waals surface area contributed by atoms with E-state index in [2.05, 4.69) is 4.90 Å². The molecule has 0 saturated carbocycles. The third-order valence-electron chi connectivity index (χ3n) is 4.06. The van der Waals surface area contributed by atoms with Crippen LogP contribution in [-0.2, 0) is 4.74 Å². The van der Waals surface area contributed by atoms with Crippen molar-refractivity contribution in [3.63, 3.8) is 0 Å². The minimum Gasteiger partial charge on any atom is -0.385 e. The number of hydrogen-bond acceptors (Lipinski definition) is 5. The van der Waals surface area contributed by atoms with Crippen molar-refractivity contribution in [3.05, 3.63) is 33.9 Å². The first-order valence-corrected chi connectivity index (χ1v) is 7.82. The van der Waals surface area contributed by atoms with E-state index in [1.807, 2.05) is 0 Å². The maximum Gasteiger partial charge on any atom is 0.270 e. The van der Waals surface area contributed by atoms with Gasteiger partial charge >= 0.3 is 0 Å². The molecule has 7 nitrogen and oxygen atoms in total. The van der Waals surface area contributed by atoms with Gasteiger partial charge in [-0.15, -0.1) is 0 Å². The number of rotatable bonds is 7. The number of methoxy groups -OCH3 is 1. The fraction of sp³-hybridized carbons (Fsp3) is 0.562. The zero-order valence-electron chi connectivity index (χ0n) is 13.7. The predicted octanol–water partition coefficient (Wildman–Crippen LogP) is 2.30. The van der Waals surface area contributed by atoms with Crippen molar-refractivity contribution in [2.45, 2.75) is 19.3 Å². The monoisotopic (exact) mass is 321 g/mol. The third-order valence-corrected chi connectivity index (χ3v) is 4.06. The van der Waals surface area contributed by atoms with E-state index >= 15 is 0 Å². The van der Waals surface area contributed by atoms with E-state index in [4.69, 9.17) is 4.74 Å². The molecule has 1 fully saturated rings. The van der Waals surface area contributed by atoms with E-state index in [-0.39, 0.29) is 11.6 Å². The summed E-state index contributed by atoms with van der Waals surface area (Å²) >= 11 is 0. The minimum absolute atomic E-state index is 0.0541. The molecule has 0 aromatic heterocycles. The number of ether oxygens (including phenoxy) is 1. The van der Waals surface area contributed by atoms with Crippen LogP contribution in [0.1, 0.15) is 29.6 Å². The van der Waals surface area contributed by atoms with Gasteiger partial charge in [-0.3, -0.25) is 14.9 Å². The predicted molar refractivity (Wildman–Crippen MR) is 88.0 cm³/mol. The summed E-state index contributed by atoms with van der Waals surface area (Å²) in [5.74, 6) is -0.188. The molecule has 1 saturated heterocycles. The first kappa shape index (κ1) is 17.2. The van der Waals surface area contributed by atoms with Crippen molar-refractivity contribution in [3.8, 4) is 0 Å². The smallest absolute Gasteiger partial charge is 0.270 e. The Morgan fingerprint density at radius 1 is 1.39 bits per heavy atom. The van der Waals surface area contributed by atoms with E-state index in [0.29, 0.717) is 18.7 Å². The molecular weight excluding hydrogens is 298 g/mol. The third kappa shape index (κ3) is 4.19. The summed E-state index contributed by atoms with van der Waals surface area (Å²) in [6, 6.07) is 4.55. The zero-order chi connectivity index (χ0) is 16.8. The highest BCUT2D eigenvalue weighted by atomic mass is 16.6. The topological polar surface area (TPSA) is 75.9 Å². The van der Waals surface area contributed by atoms with Crippen LogP contribution in [0.5, 0.6) is 0 Å². The molecule has 1 aliphatic rings. The van der Waals surface area contributed by atoms with Crippen molar-refractivity contribution in [2.24, 2.45) is 0 Å². The Bertz CT molecular complexity index is 570. The van der Waals surface area contributed by atoms with Gasteiger partial charge in [0.2, 0.25) is 0 Å². The van der Waals surface area contributed by atoms with Crippen LogP contribution >= 0.6 is 0 Å². The van der Waals surface area contributed by atoms with Gasteiger partial charge in [-0.25, -0.2) is 0 Å². The van der Waals surface area contributed by atoms with Gasteiger partial charge < -0.3 is 14.5 Å². The van der Waals surface area contributed by atoms with Crippen LogP contribution in [0.3, 0.4) is 0 Å². The number of anilines is 1. The Morgan fingerprint density at radius 3 is 2.70 bits per heavy atom. The van der Waals surface area contributed by atoms with Crippen molar-refractivity contribution < 1.29 is 14.5 Å². The van der Waals surface area contributed by atoms with Crippen molar-refractivity contribution in [2.75, 3.05) is 45.3 Å². The Balaban J connectivity index is 2.26. The first-order chi connectivity index (χ1) is 11.0. The van der Waals surface area contributed by atoms with Crippen molar-refractivity contribution in [1.29, 1.82) is 0 Å². The molecule has 2 rings (SSSR count). The van der Waals surface area contributed by atoms with Gasteiger partial charge in [0, 0.05) is 52.5 Å². The molecule has 0 aliphatic carbocycles. The summed E-state index contributed by atoms with van der Waals surface area (Å²) in [5.41, 5.74) is 1.14. The number of carbonyl (C=O) groups is 1. The van der Waals surface area contributed by atoms with Gasteiger partial charge in [0.15, 0.2) is 0 Å². The molecule has 1 aliphatic heterocycles. The molecule has 23 heavy (non-hydrogen) atoms. The van der Waals surface area contributed by atoms with E-state index in [1.54, 1.807) is 25.1 Å². The Morgan fingerprint density at radius 2 is 2.09 bits per heavy atom. The lowest BCUT2D eigenvalue weighted by Gasteiger charge is -2.24. The number of amides is 1. The minimum atomic E-state index is -0.463. The van der Waals surface area contributed by atoms with Crippen molar-refractivity contribution in [1.82, 2.24) is 4.90 Å². The lowest BCUT2D eigenvalue weighted by atomic mass is 10.1. The molecule has 1 heterocycles. The molecule has 0 bridgehead atoms. The summed E-state index contributed by atoms with van der Waals surface area (Å²) in [6.45, 7) is 2.89. The largest absolute Gasteiger partial charge is 0.385 e. The van der Waals surface area contributed by atoms with Gasteiger partial charge in [0.05, 0.1) is 16.2 Å². The number of nitro groups is 1. The average molecular weight is 321 g/mol. The average Bonchev–Trinajstić information content (AvgIpc) is 3.08. The second-order valence-electron chi connectivity index (χ2n) is 5.73. The van der Waals surface area contributed by atoms with Gasteiger partial charge in [-0.2, -0.15) is 0 Å². The molecule has 0 spiro atoms. The van der Waals surface area contributed by atoms with E-state index in [1.165, 1.54) is 12.1 Å². The van der Waals surface area contributed by atoms with Crippen LogP contribution in [0, 0.1) is 10.1 Å². The number of nitrogens with zero attached hydrogens (tertiary/aromatic N) is 3. The Kier molecular flexibility index (Phi) is 5.92. The standard InChI is InChI=1S/C16H23N3O4/c1-17(8-5-11-23-2)16(20)14-12-13(19(21)22)6-7-15(14)18-9-3-4-10-18/h6-7,12H,3-5,8-11H2,1-2H3. The summed E-state index contributed by atoms with van der Waals surface area (Å²) in [4.78, 5) is 27.0. The molecule has 0 radical (unpaired) electrons. The molecule has 0 atom stereocenters. The maximum absolute atomic E-state index is 12.7. The van der Waals surface area contributed by atoms with E-state index in [9.17, 15) is 14.9 Å². The van der Waals surface area contributed by atoms with E-state index < -0.39 is 4.92 Å². The summed E-state index contributed by atoms with van der Waals surface area (Å²) in [7, 11) is 3.33. The van der Waals surface area contributed by atoms with Gasteiger partial charge in [-0.1, -0.05) is 0 Å². The highest BCUT2D eigenvalue weighted by Gasteiger charge is 2.24. The fourth-order valence-corrected chi connectivity index (χ4v) is 2.80. The van der Waals surface area contributed by atoms with Crippen LogP contribution in [0.2, 0.25) is 0 Å². The number of nitro benzene ring substituents is 1. The summed E-state index contributed by atoms with van der Waals surface area (Å²) in [6.07, 6.45) is 2.88. The lowest BCUT2D eigenvalue weighted by molar-refractivity contribution is -0.384. The molecule has 0 N–H and O–H groups in total. The summed E-state index contributed by atoms with van der Waals surface area (Å²) < 4.78 is 5.00. The molecule has 7 heteroatoms. The fourth-order valence-electron chi connectivity index (χ4n) is 2.80. The molecule has 1 amide bonds. The highest BCUT2D eigenvalue weighted by Crippen LogP contribution is 2.29. The quantitative estimate of drug-likeness (QED) is 0.437. The van der Waals surface area contributed by atoms with E-state index in [0.717, 1.165) is 38.0 Å². The van der Waals surface area contributed by atoms with Gasteiger partial charge in [0.1, 0.15) is 0 Å². The molecule has 0 unspecified atom stereocenters. The van der Waals surface area contributed by atoms with Crippen LogP contribution in [-0.4, -0.2) is 56.1 Å². The van der Waals surface area contributed by atoms with Crippen LogP contribution in [0.4, 0.5) is 11.4 Å². The second kappa shape index (κ2) is 7.92. The molecule has 1 aromatic carbocycles. The summed E-state index contributed by atoms with van der Waals surface area (Å²) in [5, 5.41) is 11.0. The Labute approximate surface area is 136 Å². The number of carbonyl (C=O) groups excluding carboxylic acids is 1. The maximum atomic E-state index is 12.7. The number of benzene rings is 1. The Hall–Kier alpha value is -2.15. The number of hydrogen-bond donors (Lipinski definition) is 0. The van der Waals surface area contributed by atoms with Crippen LogP contribution in [0.15, 0.2) is 18.2 Å². The molecule has 126 valence electrons. The number of non-ortho nitro benzene ring substituents is 1. The van der Waals surface area contributed by atoms with Gasteiger partial charge in [0.25, 0.3) is 11.6 Å². The SMILES string of the molecule is COCCCN(C)C(=O)c1cc([N+](=O)[O-])ccc1N1CCCC1. The van der Waals surface area contributed by atoms with Crippen LogP contribution < -0.4 is 4.90 Å². The van der Waals surface area contributed by atoms with Gasteiger partial charge in [-0.05, 0) is 25.3 Å². The lowest BCUT2D eigenvalue weighted by Crippen LogP contribution is -2.30. The normalized spacial score (nSPS) is 14.1.